The number of nitrogens with zero attached hydrogens (tertiary/aromatic N) is 1. The first-order valence-corrected chi connectivity index (χ1v) is 8.29. The molecule has 0 saturated carbocycles. The Kier molecular flexibility index (Phi) is 4.58. The molecule has 2 aromatic heterocycles. The van der Waals surface area contributed by atoms with Crippen LogP contribution >= 0.6 is 0 Å². The molecular weight excluding hydrogens is 325 g/mol. The van der Waals surface area contributed by atoms with E-state index in [-0.39, 0.29) is 12.8 Å². The summed E-state index contributed by atoms with van der Waals surface area (Å²) in [5.41, 5.74) is 1.77. The average Bonchev–Trinajstić information content (AvgIpc) is 2.96. The molecule has 2 heterocycles. The third kappa shape index (κ3) is 4.03. The molecule has 0 aliphatic heterocycles. The summed E-state index contributed by atoms with van der Waals surface area (Å²) in [6.45, 7) is 3.74. The molecule has 0 fully saturated rings. The fraction of sp³-hybridized carbons (Fsp3) is 0.350. The number of H-pyrrole nitrogens is 1. The van der Waals surface area contributed by atoms with Crippen LogP contribution in [0.4, 0.5) is 13.2 Å². The van der Waals surface area contributed by atoms with E-state index in [0.29, 0.717) is 5.69 Å². The summed E-state index contributed by atoms with van der Waals surface area (Å²) in [6.07, 6.45) is -0.988. The molecule has 0 aliphatic carbocycles. The molecule has 3 aromatic rings. The fourth-order valence-corrected chi connectivity index (χ4v) is 3.33. The summed E-state index contributed by atoms with van der Waals surface area (Å²) in [5, 5.41) is 0.834. The van der Waals surface area contributed by atoms with Gasteiger partial charge in [0.25, 0.3) is 0 Å². The first kappa shape index (κ1) is 17.5. The third-order valence-corrected chi connectivity index (χ3v) is 4.72. The summed E-state index contributed by atoms with van der Waals surface area (Å²) >= 11 is 0. The molecule has 5 heteroatoms. The minimum atomic E-state index is -4.25. The van der Waals surface area contributed by atoms with Crippen molar-refractivity contribution in [2.24, 2.45) is 5.92 Å². The molecule has 0 saturated heterocycles. The summed E-state index contributed by atoms with van der Waals surface area (Å²) in [5.74, 6) is -1.41. The smallest absolute Gasteiger partial charge is 0.358 e. The number of benzene rings is 1. The van der Waals surface area contributed by atoms with E-state index >= 15 is 0 Å². The van der Waals surface area contributed by atoms with Crippen molar-refractivity contribution in [3.8, 4) is 0 Å². The molecule has 132 valence electrons. The molecule has 0 spiro atoms. The van der Waals surface area contributed by atoms with Crippen LogP contribution in [0.5, 0.6) is 0 Å². The van der Waals surface area contributed by atoms with E-state index in [2.05, 4.69) is 9.97 Å². The van der Waals surface area contributed by atoms with Crippen molar-refractivity contribution >= 4 is 10.9 Å². The normalized spacial score (nSPS) is 14.0. The highest BCUT2D eigenvalue weighted by atomic mass is 19.4. The maximum absolute atomic E-state index is 13.7. The first-order valence-electron chi connectivity index (χ1n) is 8.29. The molecule has 25 heavy (non-hydrogen) atoms. The van der Waals surface area contributed by atoms with E-state index in [1.54, 1.807) is 24.5 Å². The summed E-state index contributed by atoms with van der Waals surface area (Å²) < 4.78 is 41.0. The van der Waals surface area contributed by atoms with Crippen LogP contribution < -0.4 is 0 Å². The number of aromatic nitrogens is 2. The van der Waals surface area contributed by atoms with Crippen molar-refractivity contribution in [2.75, 3.05) is 0 Å². The second kappa shape index (κ2) is 6.54. The Bertz CT molecular complexity index is 802. The van der Waals surface area contributed by atoms with E-state index in [9.17, 15) is 13.2 Å². The second-order valence-corrected chi connectivity index (χ2v) is 7.15. The molecule has 0 amide bonds. The Morgan fingerprint density at radius 3 is 2.44 bits per heavy atom. The highest BCUT2D eigenvalue weighted by Crippen LogP contribution is 2.39. The van der Waals surface area contributed by atoms with Gasteiger partial charge in [-0.1, -0.05) is 44.2 Å². The molecular formula is C20H21F3N2. The van der Waals surface area contributed by atoms with Gasteiger partial charge < -0.3 is 4.98 Å². The van der Waals surface area contributed by atoms with E-state index < -0.39 is 17.5 Å². The van der Waals surface area contributed by atoms with Gasteiger partial charge in [0.2, 0.25) is 0 Å². The molecule has 3 rings (SSSR count). The Morgan fingerprint density at radius 1 is 1.08 bits per heavy atom. The third-order valence-electron chi connectivity index (χ3n) is 4.72. The number of rotatable bonds is 5. The van der Waals surface area contributed by atoms with E-state index in [1.807, 2.05) is 44.2 Å². The number of alkyl halides is 3. The van der Waals surface area contributed by atoms with Crippen LogP contribution in [-0.4, -0.2) is 16.1 Å². The molecule has 1 unspecified atom stereocenters. The fourth-order valence-electron chi connectivity index (χ4n) is 3.33. The summed E-state index contributed by atoms with van der Waals surface area (Å²) in [4.78, 5) is 7.09. The van der Waals surface area contributed by atoms with Gasteiger partial charge in [0.05, 0.1) is 5.92 Å². The SMILES string of the molecule is CC(C)(CC(Cc1cc2cnccc2[nH]1)C(F)(F)F)c1ccccc1. The Balaban J connectivity index is 1.85. The number of fused-ring (bicyclic) bond motifs is 1. The summed E-state index contributed by atoms with van der Waals surface area (Å²) in [6, 6.07) is 12.9. The van der Waals surface area contributed by atoms with Crippen LogP contribution in [0.1, 0.15) is 31.5 Å². The lowest BCUT2D eigenvalue weighted by molar-refractivity contribution is -0.179. The lowest BCUT2D eigenvalue weighted by Gasteiger charge is -2.31. The number of hydrogen-bond acceptors (Lipinski definition) is 1. The van der Waals surface area contributed by atoms with Gasteiger partial charge in [-0.2, -0.15) is 13.2 Å². The van der Waals surface area contributed by atoms with Gasteiger partial charge in [-0.3, -0.25) is 4.98 Å². The Hall–Kier alpha value is -2.30. The zero-order chi connectivity index (χ0) is 18.1. The molecule has 1 aromatic carbocycles. The van der Waals surface area contributed by atoms with Gasteiger partial charge in [-0.25, -0.2) is 0 Å². The topological polar surface area (TPSA) is 28.7 Å². The van der Waals surface area contributed by atoms with Gasteiger partial charge in [-0.15, -0.1) is 0 Å². The van der Waals surface area contributed by atoms with Crippen LogP contribution in [0.25, 0.3) is 10.9 Å². The highest BCUT2D eigenvalue weighted by Gasteiger charge is 2.43. The molecule has 0 aliphatic rings. The van der Waals surface area contributed by atoms with Crippen LogP contribution in [0.2, 0.25) is 0 Å². The average molecular weight is 346 g/mol. The monoisotopic (exact) mass is 346 g/mol. The molecule has 1 N–H and O–H groups in total. The molecule has 0 radical (unpaired) electrons. The number of hydrogen-bond donors (Lipinski definition) is 1. The van der Waals surface area contributed by atoms with Crippen molar-refractivity contribution in [3.63, 3.8) is 0 Å². The van der Waals surface area contributed by atoms with E-state index in [4.69, 9.17) is 0 Å². The predicted octanol–water partition coefficient (Wildman–Crippen LogP) is 5.65. The lowest BCUT2D eigenvalue weighted by Crippen LogP contribution is -2.32. The van der Waals surface area contributed by atoms with Gasteiger partial charge in [-0.05, 0) is 36.0 Å². The Morgan fingerprint density at radius 2 is 1.80 bits per heavy atom. The largest absolute Gasteiger partial charge is 0.392 e. The standard InChI is InChI=1S/C20H21F3N2/c1-19(2,15-6-4-3-5-7-15)12-16(20(21,22)23)11-17-10-14-13-24-9-8-18(14)25-17/h3-10,13,16,25H,11-12H2,1-2H3. The predicted molar refractivity (Wildman–Crippen MR) is 93.4 cm³/mol. The minimum absolute atomic E-state index is 0.0358. The number of halogens is 3. The molecule has 1 atom stereocenters. The van der Waals surface area contributed by atoms with Crippen LogP contribution in [-0.2, 0) is 11.8 Å². The van der Waals surface area contributed by atoms with Crippen LogP contribution in [0.3, 0.4) is 0 Å². The second-order valence-electron chi connectivity index (χ2n) is 7.15. The van der Waals surface area contributed by atoms with Crippen molar-refractivity contribution in [1.82, 2.24) is 9.97 Å². The molecule has 0 bridgehead atoms. The number of pyridine rings is 1. The van der Waals surface area contributed by atoms with Gasteiger partial charge in [0.1, 0.15) is 0 Å². The van der Waals surface area contributed by atoms with Crippen molar-refractivity contribution in [1.29, 1.82) is 0 Å². The number of aromatic amines is 1. The lowest BCUT2D eigenvalue weighted by atomic mass is 9.76. The van der Waals surface area contributed by atoms with Crippen molar-refractivity contribution < 1.29 is 13.2 Å². The van der Waals surface area contributed by atoms with Gasteiger partial charge in [0.15, 0.2) is 0 Å². The quantitative estimate of drug-likeness (QED) is 0.635. The zero-order valence-electron chi connectivity index (χ0n) is 14.3. The Labute approximate surface area is 145 Å². The van der Waals surface area contributed by atoms with Crippen molar-refractivity contribution in [3.05, 3.63) is 66.1 Å². The highest BCUT2D eigenvalue weighted by molar-refractivity contribution is 5.79. The van der Waals surface area contributed by atoms with Crippen LogP contribution in [0.15, 0.2) is 54.9 Å². The zero-order valence-corrected chi connectivity index (χ0v) is 14.3. The first-order chi connectivity index (χ1) is 11.8. The number of nitrogens with one attached hydrogen (secondary N) is 1. The van der Waals surface area contributed by atoms with Crippen molar-refractivity contribution in [2.45, 2.75) is 38.3 Å². The maximum atomic E-state index is 13.7. The van der Waals surface area contributed by atoms with Crippen LogP contribution in [0, 0.1) is 5.92 Å². The van der Waals surface area contributed by atoms with E-state index in [1.165, 1.54) is 0 Å². The van der Waals surface area contributed by atoms with Gasteiger partial charge in [0, 0.05) is 29.0 Å². The van der Waals surface area contributed by atoms with Gasteiger partial charge >= 0.3 is 6.18 Å². The minimum Gasteiger partial charge on any atom is -0.358 e. The summed E-state index contributed by atoms with van der Waals surface area (Å²) in [7, 11) is 0. The molecule has 2 nitrogen and oxygen atoms in total. The van der Waals surface area contributed by atoms with E-state index in [0.717, 1.165) is 16.5 Å². The maximum Gasteiger partial charge on any atom is 0.392 e.